The van der Waals surface area contributed by atoms with Crippen LogP contribution in [0.1, 0.15) is 59.8 Å². The van der Waals surface area contributed by atoms with Crippen molar-refractivity contribution in [3.05, 3.63) is 0 Å². The summed E-state index contributed by atoms with van der Waals surface area (Å²) in [5.74, 6) is 0. The van der Waals surface area contributed by atoms with Gasteiger partial charge in [-0.1, -0.05) is 33.6 Å². The van der Waals surface area contributed by atoms with Crippen LogP contribution in [0.2, 0.25) is 0 Å². The van der Waals surface area contributed by atoms with E-state index in [-0.39, 0.29) is 0 Å². The van der Waals surface area contributed by atoms with Gasteiger partial charge in [0.05, 0.1) is 0 Å². The minimum Gasteiger partial charge on any atom is -0.315 e. The summed E-state index contributed by atoms with van der Waals surface area (Å²) in [6.07, 6.45) is 6.67. The molecule has 0 amide bonds. The Morgan fingerprint density at radius 3 is 2.59 bits per heavy atom. The van der Waals surface area contributed by atoms with Gasteiger partial charge >= 0.3 is 0 Å². The van der Waals surface area contributed by atoms with Crippen LogP contribution in [0.3, 0.4) is 0 Å². The predicted molar refractivity (Wildman–Crippen MR) is 76.4 cm³/mol. The molecule has 0 bridgehead atoms. The molecule has 1 aliphatic carbocycles. The molecular formula is C15H32N2. The highest BCUT2D eigenvalue weighted by Crippen LogP contribution is 2.37. The SMILES string of the molecule is CCCC(C)N(C)C1CCCC(C)(C)C1NC. The van der Waals surface area contributed by atoms with Gasteiger partial charge in [0.15, 0.2) is 0 Å². The Bertz CT molecular complexity index is 225. The molecule has 1 fully saturated rings. The zero-order chi connectivity index (χ0) is 13.1. The van der Waals surface area contributed by atoms with Gasteiger partial charge in [0.2, 0.25) is 0 Å². The van der Waals surface area contributed by atoms with Crippen molar-refractivity contribution in [1.29, 1.82) is 0 Å². The van der Waals surface area contributed by atoms with Gasteiger partial charge < -0.3 is 5.32 Å². The predicted octanol–water partition coefficient (Wildman–Crippen LogP) is 3.27. The average Bonchev–Trinajstić information content (AvgIpc) is 2.26. The summed E-state index contributed by atoms with van der Waals surface area (Å²) >= 11 is 0. The Kier molecular flexibility index (Phi) is 5.46. The first-order valence-corrected chi connectivity index (χ1v) is 7.33. The lowest BCUT2D eigenvalue weighted by atomic mass is 9.70. The molecule has 2 nitrogen and oxygen atoms in total. The zero-order valence-corrected chi connectivity index (χ0v) is 12.7. The van der Waals surface area contributed by atoms with Crippen molar-refractivity contribution in [2.45, 2.75) is 77.9 Å². The zero-order valence-electron chi connectivity index (χ0n) is 12.7. The van der Waals surface area contributed by atoms with Gasteiger partial charge in [-0.05, 0) is 45.7 Å². The molecule has 1 saturated carbocycles. The number of hydrogen-bond acceptors (Lipinski definition) is 2. The minimum absolute atomic E-state index is 0.428. The van der Waals surface area contributed by atoms with Crippen LogP contribution in [-0.2, 0) is 0 Å². The molecule has 3 unspecified atom stereocenters. The molecule has 0 spiro atoms. The van der Waals surface area contributed by atoms with Crippen LogP contribution in [0.5, 0.6) is 0 Å². The molecule has 1 aliphatic rings. The van der Waals surface area contributed by atoms with Gasteiger partial charge in [-0.25, -0.2) is 0 Å². The van der Waals surface area contributed by atoms with E-state index in [4.69, 9.17) is 0 Å². The Labute approximate surface area is 108 Å². The third kappa shape index (κ3) is 3.45. The molecule has 0 aromatic rings. The molecule has 2 heteroatoms. The highest BCUT2D eigenvalue weighted by molar-refractivity contribution is 4.97. The number of nitrogens with zero attached hydrogens (tertiary/aromatic N) is 1. The second-order valence-electron chi connectivity index (χ2n) is 6.52. The summed E-state index contributed by atoms with van der Waals surface area (Å²) in [5.41, 5.74) is 0.428. The van der Waals surface area contributed by atoms with Crippen LogP contribution in [0.4, 0.5) is 0 Å². The monoisotopic (exact) mass is 240 g/mol. The molecule has 1 N–H and O–H groups in total. The second kappa shape index (κ2) is 6.19. The van der Waals surface area contributed by atoms with Gasteiger partial charge in [-0.3, -0.25) is 4.90 Å². The van der Waals surface area contributed by atoms with E-state index in [1.807, 2.05) is 0 Å². The summed E-state index contributed by atoms with van der Waals surface area (Å²) in [5, 5.41) is 3.58. The highest BCUT2D eigenvalue weighted by Gasteiger charge is 2.40. The van der Waals surface area contributed by atoms with Gasteiger partial charge in [0, 0.05) is 18.1 Å². The second-order valence-corrected chi connectivity index (χ2v) is 6.52. The lowest BCUT2D eigenvalue weighted by Gasteiger charge is -2.49. The van der Waals surface area contributed by atoms with Crippen LogP contribution < -0.4 is 5.32 Å². The van der Waals surface area contributed by atoms with Crippen LogP contribution in [0, 0.1) is 5.41 Å². The van der Waals surface area contributed by atoms with Crippen LogP contribution in [0.25, 0.3) is 0 Å². The van der Waals surface area contributed by atoms with Crippen molar-refractivity contribution < 1.29 is 0 Å². The fourth-order valence-electron chi connectivity index (χ4n) is 3.58. The molecule has 1 rings (SSSR count). The molecule has 0 saturated heterocycles. The van der Waals surface area contributed by atoms with Gasteiger partial charge in [0.1, 0.15) is 0 Å². The van der Waals surface area contributed by atoms with Crippen molar-refractivity contribution in [3.63, 3.8) is 0 Å². The molecule has 3 atom stereocenters. The maximum Gasteiger partial charge on any atom is 0.0271 e. The molecule has 0 radical (unpaired) electrons. The Balaban J connectivity index is 2.73. The quantitative estimate of drug-likeness (QED) is 0.793. The molecule has 0 aromatic carbocycles. The van der Waals surface area contributed by atoms with Crippen molar-refractivity contribution in [2.75, 3.05) is 14.1 Å². The summed E-state index contributed by atoms with van der Waals surface area (Å²) in [4.78, 5) is 2.62. The van der Waals surface area contributed by atoms with Crippen LogP contribution in [-0.4, -0.2) is 37.1 Å². The van der Waals surface area contributed by atoms with E-state index in [0.29, 0.717) is 23.5 Å². The van der Waals surface area contributed by atoms with Crippen molar-refractivity contribution in [2.24, 2.45) is 5.41 Å². The molecule has 17 heavy (non-hydrogen) atoms. The largest absolute Gasteiger partial charge is 0.315 e. The molecular weight excluding hydrogens is 208 g/mol. The van der Waals surface area contributed by atoms with E-state index in [1.165, 1.54) is 32.1 Å². The number of likely N-dealkylation sites (N-methyl/N-ethyl adjacent to an activating group) is 2. The average molecular weight is 240 g/mol. The Morgan fingerprint density at radius 2 is 2.06 bits per heavy atom. The summed E-state index contributed by atoms with van der Waals surface area (Å²) in [6, 6.07) is 2.03. The third-order valence-corrected chi connectivity index (χ3v) is 4.78. The molecule has 0 aromatic heterocycles. The van der Waals surface area contributed by atoms with E-state index >= 15 is 0 Å². The number of nitrogens with one attached hydrogen (secondary N) is 1. The van der Waals surface area contributed by atoms with Crippen LogP contribution in [0.15, 0.2) is 0 Å². The summed E-state index contributed by atoms with van der Waals surface area (Å²) in [7, 11) is 4.44. The van der Waals surface area contributed by atoms with E-state index in [0.717, 1.165) is 0 Å². The van der Waals surface area contributed by atoms with Gasteiger partial charge in [0.25, 0.3) is 0 Å². The minimum atomic E-state index is 0.428. The Hall–Kier alpha value is -0.0800. The smallest absolute Gasteiger partial charge is 0.0271 e. The van der Waals surface area contributed by atoms with Crippen molar-refractivity contribution in [1.82, 2.24) is 10.2 Å². The van der Waals surface area contributed by atoms with E-state index < -0.39 is 0 Å². The molecule has 0 heterocycles. The fourth-order valence-corrected chi connectivity index (χ4v) is 3.58. The lowest BCUT2D eigenvalue weighted by Crippen LogP contribution is -2.58. The maximum absolute atomic E-state index is 3.58. The van der Waals surface area contributed by atoms with Crippen molar-refractivity contribution in [3.8, 4) is 0 Å². The topological polar surface area (TPSA) is 15.3 Å². The molecule has 102 valence electrons. The standard InChI is InChI=1S/C15H32N2/c1-7-9-12(2)17(6)13-10-8-11-15(3,4)14(13)16-5/h12-14,16H,7-11H2,1-6H3. The number of rotatable bonds is 5. The maximum atomic E-state index is 3.58. The van der Waals surface area contributed by atoms with E-state index in [2.05, 4.69) is 52.0 Å². The molecule has 0 aliphatic heterocycles. The third-order valence-electron chi connectivity index (χ3n) is 4.78. The Morgan fingerprint density at radius 1 is 1.41 bits per heavy atom. The lowest BCUT2D eigenvalue weighted by molar-refractivity contribution is 0.0452. The first kappa shape index (κ1) is 15.0. The first-order valence-electron chi connectivity index (χ1n) is 7.33. The van der Waals surface area contributed by atoms with Crippen LogP contribution >= 0.6 is 0 Å². The van der Waals surface area contributed by atoms with Gasteiger partial charge in [-0.15, -0.1) is 0 Å². The normalized spacial score (nSPS) is 30.5. The highest BCUT2D eigenvalue weighted by atomic mass is 15.2. The first-order chi connectivity index (χ1) is 7.94. The van der Waals surface area contributed by atoms with Gasteiger partial charge in [-0.2, -0.15) is 0 Å². The fraction of sp³-hybridized carbons (Fsp3) is 1.00. The summed E-state index contributed by atoms with van der Waals surface area (Å²) < 4.78 is 0. The van der Waals surface area contributed by atoms with Crippen molar-refractivity contribution >= 4 is 0 Å². The van der Waals surface area contributed by atoms with E-state index in [1.54, 1.807) is 0 Å². The number of hydrogen-bond donors (Lipinski definition) is 1. The van der Waals surface area contributed by atoms with E-state index in [9.17, 15) is 0 Å². The summed E-state index contributed by atoms with van der Waals surface area (Å²) in [6.45, 7) is 9.49.